The van der Waals surface area contributed by atoms with Gasteiger partial charge in [0.15, 0.2) is 0 Å². The van der Waals surface area contributed by atoms with Crippen molar-refractivity contribution in [3.63, 3.8) is 0 Å². The van der Waals surface area contributed by atoms with Crippen LogP contribution in [0.5, 0.6) is 5.75 Å². The van der Waals surface area contributed by atoms with Crippen molar-refractivity contribution in [3.05, 3.63) is 47.5 Å². The number of hydrogen-bond acceptors (Lipinski definition) is 3. The lowest BCUT2D eigenvalue weighted by Crippen LogP contribution is -2.55. The van der Waals surface area contributed by atoms with Crippen LogP contribution in [-0.2, 0) is 23.2 Å². The molecular weight excluding hydrogens is 314 g/mol. The van der Waals surface area contributed by atoms with Gasteiger partial charge in [-0.3, -0.25) is 4.79 Å². The summed E-state index contributed by atoms with van der Waals surface area (Å²) < 4.78 is 5.43. The van der Waals surface area contributed by atoms with Gasteiger partial charge in [-0.2, -0.15) is 0 Å². The molecule has 5 nitrogen and oxygen atoms in total. The van der Waals surface area contributed by atoms with Gasteiger partial charge >= 0.3 is 0 Å². The number of carbonyl (C=O) groups excluding carboxylic acids is 1. The van der Waals surface area contributed by atoms with Crippen LogP contribution in [0.1, 0.15) is 49.1 Å². The first-order valence-electron chi connectivity index (χ1n) is 9.20. The van der Waals surface area contributed by atoms with Crippen molar-refractivity contribution in [2.75, 3.05) is 13.7 Å². The maximum atomic E-state index is 13.3. The van der Waals surface area contributed by atoms with E-state index >= 15 is 0 Å². The number of nitrogens with one attached hydrogen (secondary N) is 1. The average Bonchev–Trinajstić information content (AvgIpc) is 3.13. The number of amides is 1. The lowest BCUT2D eigenvalue weighted by molar-refractivity contribution is -0.140. The standard InChI is InChI=1S/C20H25N3O2/c1-25-17-8-4-3-7-15(17)13-18(24)23-12-9-16-19(22-14-21-16)20(23)10-5-2-6-11-20/h3-4,7-8,14H,2,5-6,9-13H2,1H3,(H,21,22). The Labute approximate surface area is 148 Å². The number of rotatable bonds is 3. The van der Waals surface area contributed by atoms with Crippen molar-refractivity contribution in [3.8, 4) is 5.75 Å². The molecule has 1 aromatic heterocycles. The zero-order chi connectivity index (χ0) is 17.3. The van der Waals surface area contributed by atoms with Gasteiger partial charge in [0.1, 0.15) is 5.75 Å². The van der Waals surface area contributed by atoms with Crippen LogP contribution in [0.3, 0.4) is 0 Å². The van der Waals surface area contributed by atoms with E-state index in [4.69, 9.17) is 4.74 Å². The van der Waals surface area contributed by atoms with Crippen LogP contribution in [0.15, 0.2) is 30.6 Å². The SMILES string of the molecule is COc1ccccc1CC(=O)N1CCc2[nH]cnc2C12CCCCC2. The largest absolute Gasteiger partial charge is 0.496 e. The van der Waals surface area contributed by atoms with Gasteiger partial charge in [0.05, 0.1) is 31.1 Å². The van der Waals surface area contributed by atoms with Gasteiger partial charge in [-0.1, -0.05) is 37.5 Å². The highest BCUT2D eigenvalue weighted by molar-refractivity contribution is 5.81. The van der Waals surface area contributed by atoms with E-state index in [9.17, 15) is 4.79 Å². The Morgan fingerprint density at radius 2 is 2.08 bits per heavy atom. The molecule has 1 amide bonds. The smallest absolute Gasteiger partial charge is 0.227 e. The number of para-hydroxylation sites is 1. The molecule has 132 valence electrons. The first-order valence-corrected chi connectivity index (χ1v) is 9.20. The molecule has 0 radical (unpaired) electrons. The average molecular weight is 339 g/mol. The van der Waals surface area contributed by atoms with Crippen LogP contribution in [0, 0.1) is 0 Å². The number of hydrogen-bond donors (Lipinski definition) is 1. The molecular formula is C20H25N3O2. The van der Waals surface area contributed by atoms with Crippen molar-refractivity contribution in [2.45, 2.75) is 50.5 Å². The van der Waals surface area contributed by atoms with E-state index in [1.807, 2.05) is 24.3 Å². The zero-order valence-corrected chi connectivity index (χ0v) is 14.8. The Balaban J connectivity index is 1.65. The van der Waals surface area contributed by atoms with Crippen LogP contribution < -0.4 is 4.74 Å². The third kappa shape index (κ3) is 2.71. The van der Waals surface area contributed by atoms with Crippen LogP contribution >= 0.6 is 0 Å². The number of nitrogens with zero attached hydrogens (tertiary/aromatic N) is 2. The molecule has 2 aromatic rings. The first-order chi connectivity index (χ1) is 12.2. The molecule has 1 N–H and O–H groups in total. The summed E-state index contributed by atoms with van der Waals surface area (Å²) in [6.07, 6.45) is 8.62. The van der Waals surface area contributed by atoms with Gasteiger partial charge < -0.3 is 14.6 Å². The highest BCUT2D eigenvalue weighted by atomic mass is 16.5. The van der Waals surface area contributed by atoms with Crippen molar-refractivity contribution in [1.29, 1.82) is 0 Å². The summed E-state index contributed by atoms with van der Waals surface area (Å²) in [5.41, 5.74) is 3.05. The molecule has 0 saturated heterocycles. The number of H-pyrrole nitrogens is 1. The van der Waals surface area contributed by atoms with E-state index in [1.165, 1.54) is 12.1 Å². The molecule has 1 aliphatic heterocycles. The monoisotopic (exact) mass is 339 g/mol. The summed E-state index contributed by atoms with van der Waals surface area (Å²) in [4.78, 5) is 23.3. The molecule has 25 heavy (non-hydrogen) atoms. The van der Waals surface area contributed by atoms with Crippen molar-refractivity contribution in [1.82, 2.24) is 14.9 Å². The molecule has 2 aliphatic rings. The van der Waals surface area contributed by atoms with E-state index in [0.717, 1.165) is 55.7 Å². The van der Waals surface area contributed by atoms with E-state index in [1.54, 1.807) is 13.4 Å². The first kappa shape index (κ1) is 16.2. The summed E-state index contributed by atoms with van der Waals surface area (Å²) in [6, 6.07) is 7.80. The Hall–Kier alpha value is -2.30. The fraction of sp³-hybridized carbons (Fsp3) is 0.500. The predicted molar refractivity (Wildman–Crippen MR) is 95.5 cm³/mol. The van der Waals surface area contributed by atoms with Gasteiger partial charge in [0.25, 0.3) is 0 Å². The van der Waals surface area contributed by atoms with E-state index in [2.05, 4.69) is 14.9 Å². The lowest BCUT2D eigenvalue weighted by Gasteiger charge is -2.48. The number of imidazole rings is 1. The Kier molecular flexibility index (Phi) is 4.24. The molecule has 1 aromatic carbocycles. The highest BCUT2D eigenvalue weighted by Gasteiger charge is 2.47. The third-order valence-corrected chi connectivity index (χ3v) is 5.78. The van der Waals surface area contributed by atoms with Gasteiger partial charge in [-0.25, -0.2) is 4.98 Å². The molecule has 5 heteroatoms. The molecule has 2 heterocycles. The quantitative estimate of drug-likeness (QED) is 0.934. The number of carbonyl (C=O) groups is 1. The van der Waals surface area contributed by atoms with E-state index in [0.29, 0.717) is 6.42 Å². The molecule has 1 saturated carbocycles. The van der Waals surface area contributed by atoms with Gasteiger partial charge in [-0.05, 0) is 18.9 Å². The van der Waals surface area contributed by atoms with Gasteiger partial charge in [0.2, 0.25) is 5.91 Å². The van der Waals surface area contributed by atoms with Crippen LogP contribution in [0.25, 0.3) is 0 Å². The maximum absolute atomic E-state index is 13.3. The normalized spacial score (nSPS) is 18.8. The van der Waals surface area contributed by atoms with Crippen LogP contribution in [0.4, 0.5) is 0 Å². The second-order valence-electron chi connectivity index (χ2n) is 7.11. The van der Waals surface area contributed by atoms with E-state index in [-0.39, 0.29) is 11.4 Å². The predicted octanol–water partition coefficient (Wildman–Crippen LogP) is 3.21. The second-order valence-corrected chi connectivity index (χ2v) is 7.11. The Bertz CT molecular complexity index is 762. The minimum atomic E-state index is -0.217. The molecule has 0 bridgehead atoms. The van der Waals surface area contributed by atoms with Crippen LogP contribution in [0.2, 0.25) is 0 Å². The third-order valence-electron chi connectivity index (χ3n) is 5.78. The molecule has 0 unspecified atom stereocenters. The minimum absolute atomic E-state index is 0.181. The summed E-state index contributed by atoms with van der Waals surface area (Å²) >= 11 is 0. The Morgan fingerprint density at radius 3 is 2.88 bits per heavy atom. The van der Waals surface area contributed by atoms with Crippen molar-refractivity contribution < 1.29 is 9.53 Å². The summed E-state index contributed by atoms with van der Waals surface area (Å²) in [7, 11) is 1.66. The summed E-state index contributed by atoms with van der Waals surface area (Å²) in [5, 5.41) is 0. The highest BCUT2D eigenvalue weighted by Crippen LogP contribution is 2.45. The van der Waals surface area contributed by atoms with Gasteiger partial charge in [0, 0.05) is 24.2 Å². The summed E-state index contributed by atoms with van der Waals surface area (Å²) in [6.45, 7) is 0.767. The van der Waals surface area contributed by atoms with Crippen LogP contribution in [-0.4, -0.2) is 34.4 Å². The molecule has 4 rings (SSSR count). The van der Waals surface area contributed by atoms with Crippen molar-refractivity contribution in [2.24, 2.45) is 0 Å². The zero-order valence-electron chi connectivity index (χ0n) is 14.8. The molecule has 1 aliphatic carbocycles. The fourth-order valence-corrected chi connectivity index (χ4v) is 4.59. The molecule has 1 fully saturated rings. The summed E-state index contributed by atoms with van der Waals surface area (Å²) in [5.74, 6) is 0.964. The number of aromatic nitrogens is 2. The number of methoxy groups -OCH3 is 1. The number of fused-ring (bicyclic) bond motifs is 2. The molecule has 1 spiro atoms. The minimum Gasteiger partial charge on any atom is -0.496 e. The van der Waals surface area contributed by atoms with E-state index < -0.39 is 0 Å². The Morgan fingerprint density at radius 1 is 1.28 bits per heavy atom. The lowest BCUT2D eigenvalue weighted by atomic mass is 9.74. The van der Waals surface area contributed by atoms with Crippen molar-refractivity contribution >= 4 is 5.91 Å². The number of aromatic amines is 1. The second kappa shape index (κ2) is 6.54. The van der Waals surface area contributed by atoms with Gasteiger partial charge in [-0.15, -0.1) is 0 Å². The maximum Gasteiger partial charge on any atom is 0.227 e. The topological polar surface area (TPSA) is 58.2 Å². The number of benzene rings is 1. The molecule has 0 atom stereocenters. The fourth-order valence-electron chi connectivity index (χ4n) is 4.59. The number of ether oxygens (including phenoxy) is 1.